The highest BCUT2D eigenvalue weighted by molar-refractivity contribution is 6.36. The van der Waals surface area contributed by atoms with E-state index < -0.39 is 17.8 Å². The molecule has 0 atom stereocenters. The van der Waals surface area contributed by atoms with Crippen LogP contribution in [0, 0.1) is 11.3 Å². The number of rotatable bonds is 7. The zero-order valence-electron chi connectivity index (χ0n) is 16.0. The number of ether oxygens (including phenoxy) is 1. The number of nitriles is 1. The monoisotopic (exact) mass is 458 g/mol. The molecule has 0 aliphatic heterocycles. The number of amides is 2. The van der Waals surface area contributed by atoms with E-state index in [-0.39, 0.29) is 30.3 Å². The summed E-state index contributed by atoms with van der Waals surface area (Å²) in [5.74, 6) is -1.81. The molecule has 0 saturated heterocycles. The molecule has 158 valence electrons. The van der Waals surface area contributed by atoms with Gasteiger partial charge in [-0.3, -0.25) is 14.4 Å². The van der Waals surface area contributed by atoms with E-state index in [9.17, 15) is 19.6 Å². The summed E-state index contributed by atoms with van der Waals surface area (Å²) in [7, 11) is 0. The van der Waals surface area contributed by atoms with Crippen LogP contribution >= 0.6 is 23.2 Å². The van der Waals surface area contributed by atoms with Gasteiger partial charge in [0, 0.05) is 23.0 Å². The van der Waals surface area contributed by atoms with Crippen LogP contribution in [0.3, 0.4) is 0 Å². The van der Waals surface area contributed by atoms with Crippen molar-refractivity contribution >= 4 is 46.5 Å². The number of carbonyl (C=O) groups excluding carboxylic acids is 3. The van der Waals surface area contributed by atoms with Gasteiger partial charge in [-0.25, -0.2) is 0 Å². The fourth-order valence-corrected chi connectivity index (χ4v) is 3.28. The second-order valence-electron chi connectivity index (χ2n) is 6.38. The van der Waals surface area contributed by atoms with E-state index >= 15 is 0 Å². The predicted octanol–water partition coefficient (Wildman–Crippen LogP) is 2.71. The number of halogens is 2. The van der Waals surface area contributed by atoms with Gasteiger partial charge in [0.1, 0.15) is 19.2 Å². The molecular formula is C21H16Cl2N4O4. The third-order valence-corrected chi connectivity index (χ3v) is 4.83. The molecule has 8 nitrogen and oxygen atoms in total. The number of benzene rings is 1. The van der Waals surface area contributed by atoms with Gasteiger partial charge in [0.15, 0.2) is 0 Å². The molecule has 0 fully saturated rings. The van der Waals surface area contributed by atoms with E-state index in [0.717, 1.165) is 0 Å². The van der Waals surface area contributed by atoms with Gasteiger partial charge in [-0.2, -0.15) is 5.26 Å². The number of esters is 1. The van der Waals surface area contributed by atoms with Crippen molar-refractivity contribution in [1.82, 2.24) is 15.0 Å². The highest BCUT2D eigenvalue weighted by Gasteiger charge is 2.14. The Balaban J connectivity index is 1.45. The summed E-state index contributed by atoms with van der Waals surface area (Å²) in [4.78, 5) is 35.9. The summed E-state index contributed by atoms with van der Waals surface area (Å²) < 4.78 is 6.90. The van der Waals surface area contributed by atoms with Gasteiger partial charge < -0.3 is 19.8 Å². The standard InChI is InChI=1S/C21H16Cl2N4O4/c22-14-4-5-15(17(23)7-14)21(30)26-9-19(28)25-10-20(29)31-12-13-11-27-6-2-1-3-18(27)16(13)8-24/h1-7,11H,9-10,12H2,(H,25,28)(H,26,30). The number of nitrogens with one attached hydrogen (secondary N) is 2. The van der Waals surface area contributed by atoms with E-state index in [0.29, 0.717) is 21.7 Å². The second-order valence-corrected chi connectivity index (χ2v) is 7.22. The maximum absolute atomic E-state index is 12.1. The van der Waals surface area contributed by atoms with Crippen molar-refractivity contribution in [1.29, 1.82) is 5.26 Å². The second kappa shape index (κ2) is 9.98. The van der Waals surface area contributed by atoms with E-state index in [1.54, 1.807) is 28.9 Å². The average molecular weight is 459 g/mol. The molecule has 0 aliphatic rings. The molecule has 0 aliphatic carbocycles. The first-order valence-corrected chi connectivity index (χ1v) is 9.79. The van der Waals surface area contributed by atoms with Crippen molar-refractivity contribution in [2.45, 2.75) is 6.61 Å². The molecule has 10 heteroatoms. The minimum absolute atomic E-state index is 0.106. The lowest BCUT2D eigenvalue weighted by Crippen LogP contribution is -2.39. The molecule has 0 unspecified atom stereocenters. The van der Waals surface area contributed by atoms with E-state index in [1.165, 1.54) is 18.2 Å². The average Bonchev–Trinajstić information content (AvgIpc) is 3.12. The number of carbonyl (C=O) groups is 3. The van der Waals surface area contributed by atoms with Crippen LogP contribution in [0.2, 0.25) is 10.0 Å². The number of pyridine rings is 1. The van der Waals surface area contributed by atoms with Crippen molar-refractivity contribution in [2.75, 3.05) is 13.1 Å². The van der Waals surface area contributed by atoms with Crippen LogP contribution in [0.25, 0.3) is 5.52 Å². The van der Waals surface area contributed by atoms with Gasteiger partial charge in [-0.15, -0.1) is 0 Å². The Labute approximate surface area is 187 Å². The number of nitrogens with zero attached hydrogens (tertiary/aromatic N) is 2. The molecule has 3 rings (SSSR count). The SMILES string of the molecule is N#Cc1c(COC(=O)CNC(=O)CNC(=O)c2ccc(Cl)cc2Cl)cn2ccccc12. The molecule has 2 amide bonds. The van der Waals surface area contributed by atoms with Crippen molar-refractivity contribution in [3.05, 3.63) is 75.5 Å². The maximum atomic E-state index is 12.1. The Morgan fingerprint density at radius 3 is 2.65 bits per heavy atom. The van der Waals surface area contributed by atoms with Crippen LogP contribution in [0.5, 0.6) is 0 Å². The Morgan fingerprint density at radius 2 is 1.90 bits per heavy atom. The summed E-state index contributed by atoms with van der Waals surface area (Å²) in [6, 6.07) is 11.9. The van der Waals surface area contributed by atoms with Crippen LogP contribution in [-0.4, -0.2) is 35.3 Å². The Hall–Kier alpha value is -3.54. The van der Waals surface area contributed by atoms with E-state index in [4.69, 9.17) is 27.9 Å². The first-order valence-electron chi connectivity index (χ1n) is 9.03. The Kier molecular flexibility index (Phi) is 7.13. The highest BCUT2D eigenvalue weighted by atomic mass is 35.5. The highest BCUT2D eigenvalue weighted by Crippen LogP contribution is 2.21. The van der Waals surface area contributed by atoms with Crippen molar-refractivity contribution in [2.24, 2.45) is 0 Å². The van der Waals surface area contributed by atoms with E-state index in [2.05, 4.69) is 16.7 Å². The Morgan fingerprint density at radius 1 is 1.10 bits per heavy atom. The van der Waals surface area contributed by atoms with Crippen LogP contribution in [0.4, 0.5) is 0 Å². The molecule has 1 aromatic carbocycles. The zero-order chi connectivity index (χ0) is 22.4. The molecule has 2 N–H and O–H groups in total. The lowest BCUT2D eigenvalue weighted by Gasteiger charge is -2.08. The molecule has 0 saturated carbocycles. The van der Waals surface area contributed by atoms with Crippen molar-refractivity contribution in [3.63, 3.8) is 0 Å². The van der Waals surface area contributed by atoms with Gasteiger partial charge in [0.05, 0.1) is 28.2 Å². The molecule has 31 heavy (non-hydrogen) atoms. The van der Waals surface area contributed by atoms with Crippen LogP contribution in [0.15, 0.2) is 48.8 Å². The lowest BCUT2D eigenvalue weighted by molar-refractivity contribution is -0.145. The van der Waals surface area contributed by atoms with Crippen molar-refractivity contribution in [3.8, 4) is 6.07 Å². The quantitative estimate of drug-likeness (QED) is 0.528. The van der Waals surface area contributed by atoms with E-state index in [1.807, 2.05) is 6.07 Å². The third-order valence-electron chi connectivity index (χ3n) is 4.28. The topological polar surface area (TPSA) is 113 Å². The summed E-state index contributed by atoms with van der Waals surface area (Å²) in [6.45, 7) is -0.842. The number of hydrogen-bond donors (Lipinski definition) is 2. The summed E-state index contributed by atoms with van der Waals surface area (Å²) in [6.07, 6.45) is 3.49. The largest absolute Gasteiger partial charge is 0.459 e. The Bertz CT molecular complexity index is 1200. The summed E-state index contributed by atoms with van der Waals surface area (Å²) >= 11 is 11.7. The fraction of sp³-hybridized carbons (Fsp3) is 0.143. The molecule has 0 spiro atoms. The maximum Gasteiger partial charge on any atom is 0.325 e. The third kappa shape index (κ3) is 5.54. The van der Waals surface area contributed by atoms with Gasteiger partial charge >= 0.3 is 5.97 Å². The first kappa shape index (κ1) is 22.2. The molecule has 0 radical (unpaired) electrons. The van der Waals surface area contributed by atoms with Gasteiger partial charge in [0.2, 0.25) is 5.91 Å². The number of fused-ring (bicyclic) bond motifs is 1. The smallest absolute Gasteiger partial charge is 0.325 e. The molecule has 0 bridgehead atoms. The summed E-state index contributed by atoms with van der Waals surface area (Å²) in [5.41, 5.74) is 1.86. The van der Waals surface area contributed by atoms with Crippen molar-refractivity contribution < 1.29 is 19.1 Å². The minimum atomic E-state index is -0.681. The van der Waals surface area contributed by atoms with Crippen LogP contribution in [-0.2, 0) is 20.9 Å². The van der Waals surface area contributed by atoms with Gasteiger partial charge in [-0.1, -0.05) is 29.3 Å². The number of hydrogen-bond acceptors (Lipinski definition) is 5. The molecule has 2 heterocycles. The zero-order valence-corrected chi connectivity index (χ0v) is 17.5. The van der Waals surface area contributed by atoms with Crippen LogP contribution in [0.1, 0.15) is 21.5 Å². The first-order chi connectivity index (χ1) is 14.9. The molecule has 2 aromatic heterocycles. The number of aromatic nitrogens is 1. The fourth-order valence-electron chi connectivity index (χ4n) is 2.79. The van der Waals surface area contributed by atoms with Gasteiger partial charge in [-0.05, 0) is 30.3 Å². The summed E-state index contributed by atoms with van der Waals surface area (Å²) in [5, 5.41) is 14.6. The van der Waals surface area contributed by atoms with Gasteiger partial charge in [0.25, 0.3) is 5.91 Å². The predicted molar refractivity (Wildman–Crippen MR) is 114 cm³/mol. The molecule has 3 aromatic rings. The normalized spacial score (nSPS) is 10.4. The lowest BCUT2D eigenvalue weighted by atomic mass is 10.2. The molecular weight excluding hydrogens is 443 g/mol. The van der Waals surface area contributed by atoms with Crippen LogP contribution < -0.4 is 10.6 Å². The minimum Gasteiger partial charge on any atom is -0.459 e.